The zero-order valence-electron chi connectivity index (χ0n) is 17.6. The molecule has 7 heteroatoms. The Balaban J connectivity index is 2.11. The van der Waals surface area contributed by atoms with Crippen molar-refractivity contribution >= 4 is 24.0 Å². The molecule has 0 saturated carbocycles. The second-order valence-corrected chi connectivity index (χ2v) is 7.80. The Morgan fingerprint density at radius 1 is 1.21 bits per heavy atom. The summed E-state index contributed by atoms with van der Waals surface area (Å²) in [5.74, 6) is -0.741. The van der Waals surface area contributed by atoms with Gasteiger partial charge in [0.1, 0.15) is 17.4 Å². The molecule has 2 atom stereocenters. The SMILES string of the molecule is CCOC(=O)[C@@H]1C[C@@H](C/C=C/c2ccc(OC)cc2)C(=O)N1C(=O)OC(C)(C)C. The Morgan fingerprint density at radius 3 is 2.41 bits per heavy atom. The fraction of sp³-hybridized carbons (Fsp3) is 0.500. The summed E-state index contributed by atoms with van der Waals surface area (Å²) in [5, 5.41) is 0. The number of hydrogen-bond donors (Lipinski definition) is 0. The van der Waals surface area contributed by atoms with Crippen LogP contribution in [0.5, 0.6) is 5.75 Å². The lowest BCUT2D eigenvalue weighted by Crippen LogP contribution is -2.46. The highest BCUT2D eigenvalue weighted by Gasteiger charge is 2.48. The molecule has 7 nitrogen and oxygen atoms in total. The molecular formula is C22H29NO6. The minimum Gasteiger partial charge on any atom is -0.497 e. The molecule has 2 amide bonds. The second kappa shape index (κ2) is 9.58. The topological polar surface area (TPSA) is 82.1 Å². The number of hydrogen-bond acceptors (Lipinski definition) is 6. The first kappa shape index (κ1) is 22.5. The smallest absolute Gasteiger partial charge is 0.417 e. The van der Waals surface area contributed by atoms with E-state index in [1.807, 2.05) is 36.4 Å². The molecule has 0 unspecified atom stereocenters. The lowest BCUT2D eigenvalue weighted by molar-refractivity contribution is -0.151. The number of imide groups is 1. The highest BCUT2D eigenvalue weighted by molar-refractivity contribution is 6.00. The summed E-state index contributed by atoms with van der Waals surface area (Å²) in [5.41, 5.74) is 0.185. The third-order valence-corrected chi connectivity index (χ3v) is 4.40. The first-order valence-electron chi connectivity index (χ1n) is 9.69. The lowest BCUT2D eigenvalue weighted by atomic mass is 10.0. The molecular weight excluding hydrogens is 374 g/mol. The quantitative estimate of drug-likeness (QED) is 0.672. The van der Waals surface area contributed by atoms with Gasteiger partial charge >= 0.3 is 12.1 Å². The van der Waals surface area contributed by atoms with Crippen molar-refractivity contribution in [2.45, 2.75) is 52.2 Å². The van der Waals surface area contributed by atoms with Crippen LogP contribution in [-0.2, 0) is 19.1 Å². The number of nitrogens with zero attached hydrogens (tertiary/aromatic N) is 1. The van der Waals surface area contributed by atoms with Gasteiger partial charge in [-0.2, -0.15) is 0 Å². The van der Waals surface area contributed by atoms with Crippen LogP contribution < -0.4 is 4.74 Å². The van der Waals surface area contributed by atoms with Gasteiger partial charge in [-0.05, 0) is 58.2 Å². The van der Waals surface area contributed by atoms with E-state index >= 15 is 0 Å². The van der Waals surface area contributed by atoms with Crippen molar-refractivity contribution in [2.24, 2.45) is 5.92 Å². The maximum atomic E-state index is 12.8. The number of carbonyl (C=O) groups is 3. The summed E-state index contributed by atoms with van der Waals surface area (Å²) in [6, 6.07) is 6.54. The number of methoxy groups -OCH3 is 1. The van der Waals surface area contributed by atoms with Gasteiger partial charge in [-0.1, -0.05) is 24.3 Å². The molecule has 1 aliphatic heterocycles. The maximum Gasteiger partial charge on any atom is 0.417 e. The number of amides is 2. The number of carbonyl (C=O) groups excluding carboxylic acids is 3. The summed E-state index contributed by atoms with van der Waals surface area (Å²) in [6.07, 6.45) is 3.55. The number of allylic oxidation sites excluding steroid dienone is 1. The van der Waals surface area contributed by atoms with Crippen LogP contribution >= 0.6 is 0 Å². The average Bonchev–Trinajstić information content (AvgIpc) is 2.98. The number of likely N-dealkylation sites (tertiary alicyclic amines) is 1. The lowest BCUT2D eigenvalue weighted by Gasteiger charge is -2.26. The van der Waals surface area contributed by atoms with Crippen LogP contribution in [-0.4, -0.2) is 48.2 Å². The highest BCUT2D eigenvalue weighted by atomic mass is 16.6. The molecule has 1 aromatic carbocycles. The van der Waals surface area contributed by atoms with Gasteiger partial charge in [-0.25, -0.2) is 14.5 Å². The van der Waals surface area contributed by atoms with Crippen LogP contribution in [0.2, 0.25) is 0 Å². The molecule has 0 spiro atoms. The van der Waals surface area contributed by atoms with Crippen molar-refractivity contribution in [3.05, 3.63) is 35.9 Å². The number of esters is 1. The molecule has 1 fully saturated rings. The maximum absolute atomic E-state index is 12.8. The first-order chi connectivity index (χ1) is 13.7. The Kier molecular flexibility index (Phi) is 7.42. The summed E-state index contributed by atoms with van der Waals surface area (Å²) >= 11 is 0. The summed E-state index contributed by atoms with van der Waals surface area (Å²) in [4.78, 5) is 38.6. The molecule has 1 aromatic rings. The van der Waals surface area contributed by atoms with E-state index in [1.54, 1.807) is 34.8 Å². The predicted octanol–water partition coefficient (Wildman–Crippen LogP) is 3.81. The fourth-order valence-electron chi connectivity index (χ4n) is 3.07. The van der Waals surface area contributed by atoms with Crippen molar-refractivity contribution in [3.8, 4) is 5.75 Å². The second-order valence-electron chi connectivity index (χ2n) is 7.80. The van der Waals surface area contributed by atoms with E-state index in [4.69, 9.17) is 14.2 Å². The van der Waals surface area contributed by atoms with E-state index in [0.29, 0.717) is 6.42 Å². The molecule has 1 saturated heterocycles. The zero-order chi connectivity index (χ0) is 21.6. The molecule has 29 heavy (non-hydrogen) atoms. The van der Waals surface area contributed by atoms with Crippen molar-refractivity contribution in [1.82, 2.24) is 4.90 Å². The molecule has 1 heterocycles. The summed E-state index contributed by atoms with van der Waals surface area (Å²) in [7, 11) is 1.60. The van der Waals surface area contributed by atoms with Gasteiger partial charge in [-0.3, -0.25) is 4.79 Å². The van der Waals surface area contributed by atoms with Crippen LogP contribution in [0.1, 0.15) is 46.1 Å². The van der Waals surface area contributed by atoms with Crippen LogP contribution in [0.25, 0.3) is 6.08 Å². The molecule has 158 valence electrons. The number of benzene rings is 1. The van der Waals surface area contributed by atoms with E-state index in [9.17, 15) is 14.4 Å². The Morgan fingerprint density at radius 2 is 1.86 bits per heavy atom. The molecule has 0 N–H and O–H groups in total. The van der Waals surface area contributed by atoms with E-state index in [1.165, 1.54) is 0 Å². The van der Waals surface area contributed by atoms with Crippen LogP contribution in [0.4, 0.5) is 4.79 Å². The van der Waals surface area contributed by atoms with Gasteiger partial charge in [0.25, 0.3) is 0 Å². The number of rotatable bonds is 6. The van der Waals surface area contributed by atoms with E-state index in [-0.39, 0.29) is 13.0 Å². The minimum atomic E-state index is -0.961. The highest BCUT2D eigenvalue weighted by Crippen LogP contribution is 2.30. The fourth-order valence-corrected chi connectivity index (χ4v) is 3.07. The van der Waals surface area contributed by atoms with E-state index in [2.05, 4.69) is 0 Å². The Labute approximate surface area is 171 Å². The van der Waals surface area contributed by atoms with Gasteiger partial charge in [-0.15, -0.1) is 0 Å². The van der Waals surface area contributed by atoms with Crippen molar-refractivity contribution in [3.63, 3.8) is 0 Å². The van der Waals surface area contributed by atoms with Gasteiger partial charge < -0.3 is 14.2 Å². The monoisotopic (exact) mass is 403 g/mol. The van der Waals surface area contributed by atoms with E-state index < -0.39 is 35.5 Å². The van der Waals surface area contributed by atoms with Crippen LogP contribution in [0, 0.1) is 5.92 Å². The third kappa shape index (κ3) is 6.07. The van der Waals surface area contributed by atoms with Crippen LogP contribution in [0.3, 0.4) is 0 Å². The molecule has 0 radical (unpaired) electrons. The molecule has 0 aromatic heterocycles. The van der Waals surface area contributed by atoms with Gasteiger partial charge in [0, 0.05) is 5.92 Å². The average molecular weight is 403 g/mol. The standard InChI is InChI=1S/C22H29NO6/c1-6-28-20(25)18-14-16(19(24)23(18)21(26)29-22(2,3)4)9-7-8-15-10-12-17(27-5)13-11-15/h7-8,10-13,16,18H,6,9,14H2,1-5H3/b8-7+/t16-,18+/m1/s1. The van der Waals surface area contributed by atoms with Crippen molar-refractivity contribution < 1.29 is 28.6 Å². The molecule has 2 rings (SSSR count). The number of ether oxygens (including phenoxy) is 3. The van der Waals surface area contributed by atoms with E-state index in [0.717, 1.165) is 16.2 Å². The normalized spacial score (nSPS) is 19.5. The van der Waals surface area contributed by atoms with Gasteiger partial charge in [0.15, 0.2) is 0 Å². The molecule has 0 aliphatic carbocycles. The van der Waals surface area contributed by atoms with Crippen molar-refractivity contribution in [2.75, 3.05) is 13.7 Å². The third-order valence-electron chi connectivity index (χ3n) is 4.40. The summed E-state index contributed by atoms with van der Waals surface area (Å²) in [6.45, 7) is 6.98. The minimum absolute atomic E-state index is 0.174. The van der Waals surface area contributed by atoms with Gasteiger partial charge in [0.05, 0.1) is 13.7 Å². The summed E-state index contributed by atoms with van der Waals surface area (Å²) < 4.78 is 15.5. The van der Waals surface area contributed by atoms with Gasteiger partial charge in [0.2, 0.25) is 5.91 Å². The molecule has 1 aliphatic rings. The first-order valence-corrected chi connectivity index (χ1v) is 9.69. The predicted molar refractivity (Wildman–Crippen MR) is 108 cm³/mol. The Bertz CT molecular complexity index is 763. The zero-order valence-corrected chi connectivity index (χ0v) is 17.6. The van der Waals surface area contributed by atoms with Crippen LogP contribution in [0.15, 0.2) is 30.3 Å². The molecule has 0 bridgehead atoms. The Hall–Kier alpha value is -2.83. The largest absolute Gasteiger partial charge is 0.497 e. The van der Waals surface area contributed by atoms with Crippen molar-refractivity contribution in [1.29, 1.82) is 0 Å².